The van der Waals surface area contributed by atoms with E-state index in [2.05, 4.69) is 10.0 Å². The van der Waals surface area contributed by atoms with Gasteiger partial charge in [0.05, 0.1) is 17.0 Å². The van der Waals surface area contributed by atoms with Crippen LogP contribution >= 0.6 is 11.6 Å². The molecule has 1 aromatic rings. The monoisotopic (exact) mass is 302 g/mol. The summed E-state index contributed by atoms with van der Waals surface area (Å²) >= 11 is 6.09. The fourth-order valence-corrected chi connectivity index (χ4v) is 3.23. The maximum atomic E-state index is 11.2. The number of hydrogen-bond acceptors (Lipinski definition) is 3. The average Bonchev–Trinajstić information content (AvgIpc) is 2.33. The predicted molar refractivity (Wildman–Crippen MR) is 80.4 cm³/mol. The van der Waals surface area contributed by atoms with Crippen molar-refractivity contribution in [3.05, 3.63) is 23.2 Å². The van der Waals surface area contributed by atoms with Crippen LogP contribution < -0.4 is 10.0 Å². The molecule has 1 fully saturated rings. The Kier molecular flexibility index (Phi) is 4.58. The molecule has 2 N–H and O–H groups in total. The molecule has 0 unspecified atom stereocenters. The van der Waals surface area contributed by atoms with Gasteiger partial charge in [-0.25, -0.2) is 8.42 Å². The Morgan fingerprint density at radius 3 is 2.47 bits per heavy atom. The van der Waals surface area contributed by atoms with Crippen LogP contribution in [-0.4, -0.2) is 20.7 Å². The molecule has 0 aromatic heterocycles. The molecule has 0 heterocycles. The molecular formula is C13H19ClN2O2S. The van der Waals surface area contributed by atoms with E-state index in [4.69, 9.17) is 11.6 Å². The topological polar surface area (TPSA) is 58.2 Å². The molecule has 4 nitrogen and oxygen atoms in total. The standard InChI is InChI=1S/C13H19ClN2O2S/c1-19(17,18)16-13-8-7-11(9-12(13)14)15-10-5-3-2-4-6-10/h7-10,15-16H,2-6H2,1H3. The van der Waals surface area contributed by atoms with Crippen LogP contribution in [0.15, 0.2) is 18.2 Å². The minimum atomic E-state index is -3.29. The van der Waals surface area contributed by atoms with Crippen molar-refractivity contribution in [1.29, 1.82) is 0 Å². The van der Waals surface area contributed by atoms with Crippen molar-refractivity contribution in [3.63, 3.8) is 0 Å². The van der Waals surface area contributed by atoms with Crippen LogP contribution in [0.25, 0.3) is 0 Å². The molecule has 0 bridgehead atoms. The first kappa shape index (κ1) is 14.5. The Morgan fingerprint density at radius 2 is 1.89 bits per heavy atom. The summed E-state index contributed by atoms with van der Waals surface area (Å²) in [5.74, 6) is 0. The molecule has 1 aromatic carbocycles. The Balaban J connectivity index is 2.05. The van der Waals surface area contributed by atoms with Crippen LogP contribution in [0.2, 0.25) is 5.02 Å². The number of sulfonamides is 1. The molecule has 0 aliphatic heterocycles. The first-order chi connectivity index (χ1) is 8.94. The minimum Gasteiger partial charge on any atom is -0.382 e. The zero-order chi connectivity index (χ0) is 13.9. The fraction of sp³-hybridized carbons (Fsp3) is 0.538. The van der Waals surface area contributed by atoms with E-state index in [0.29, 0.717) is 16.8 Å². The Hall–Kier alpha value is -0.940. The summed E-state index contributed by atoms with van der Waals surface area (Å²) in [5, 5.41) is 3.86. The van der Waals surface area contributed by atoms with Gasteiger partial charge in [0.15, 0.2) is 0 Å². The second-order valence-electron chi connectivity index (χ2n) is 5.05. The molecule has 1 saturated carbocycles. The zero-order valence-corrected chi connectivity index (χ0v) is 12.5. The van der Waals surface area contributed by atoms with Crippen LogP contribution in [0.4, 0.5) is 11.4 Å². The Morgan fingerprint density at radius 1 is 1.21 bits per heavy atom. The lowest BCUT2D eigenvalue weighted by Crippen LogP contribution is -2.22. The highest BCUT2D eigenvalue weighted by atomic mass is 35.5. The molecule has 2 rings (SSSR count). The highest BCUT2D eigenvalue weighted by molar-refractivity contribution is 7.92. The van der Waals surface area contributed by atoms with Crippen molar-refractivity contribution in [2.45, 2.75) is 38.1 Å². The van der Waals surface area contributed by atoms with Crippen molar-refractivity contribution in [3.8, 4) is 0 Å². The van der Waals surface area contributed by atoms with Crippen LogP contribution in [-0.2, 0) is 10.0 Å². The smallest absolute Gasteiger partial charge is 0.229 e. The van der Waals surface area contributed by atoms with E-state index in [0.717, 1.165) is 11.9 Å². The van der Waals surface area contributed by atoms with Crippen LogP contribution in [0.5, 0.6) is 0 Å². The van der Waals surface area contributed by atoms with Gasteiger partial charge in [0.2, 0.25) is 10.0 Å². The van der Waals surface area contributed by atoms with E-state index in [1.165, 1.54) is 32.1 Å². The highest BCUT2D eigenvalue weighted by Gasteiger charge is 2.14. The first-order valence-corrected chi connectivity index (χ1v) is 8.75. The van der Waals surface area contributed by atoms with Gasteiger partial charge < -0.3 is 5.32 Å². The van der Waals surface area contributed by atoms with Gasteiger partial charge in [0.1, 0.15) is 0 Å². The second-order valence-corrected chi connectivity index (χ2v) is 7.20. The molecule has 19 heavy (non-hydrogen) atoms. The maximum absolute atomic E-state index is 11.2. The molecule has 0 spiro atoms. The SMILES string of the molecule is CS(=O)(=O)Nc1ccc(NC2CCCCC2)cc1Cl. The van der Waals surface area contributed by atoms with E-state index in [1.54, 1.807) is 12.1 Å². The van der Waals surface area contributed by atoms with Crippen LogP contribution in [0.3, 0.4) is 0 Å². The average molecular weight is 303 g/mol. The third-order valence-electron chi connectivity index (χ3n) is 3.24. The van der Waals surface area contributed by atoms with E-state index in [1.807, 2.05) is 6.07 Å². The zero-order valence-electron chi connectivity index (χ0n) is 10.9. The quantitative estimate of drug-likeness (QED) is 0.895. The van der Waals surface area contributed by atoms with Gasteiger partial charge in [-0.05, 0) is 31.0 Å². The van der Waals surface area contributed by atoms with Crippen molar-refractivity contribution in [2.75, 3.05) is 16.3 Å². The van der Waals surface area contributed by atoms with Crippen molar-refractivity contribution in [1.82, 2.24) is 0 Å². The van der Waals surface area contributed by atoms with Crippen molar-refractivity contribution < 1.29 is 8.42 Å². The summed E-state index contributed by atoms with van der Waals surface area (Å²) in [6, 6.07) is 5.81. The lowest BCUT2D eigenvalue weighted by atomic mass is 9.95. The molecule has 6 heteroatoms. The lowest BCUT2D eigenvalue weighted by molar-refractivity contribution is 0.463. The number of hydrogen-bond donors (Lipinski definition) is 2. The summed E-state index contributed by atoms with van der Waals surface area (Å²) in [4.78, 5) is 0. The summed E-state index contributed by atoms with van der Waals surface area (Å²) in [5.41, 5.74) is 1.36. The van der Waals surface area contributed by atoms with Gasteiger partial charge in [-0.3, -0.25) is 4.72 Å². The summed E-state index contributed by atoms with van der Waals surface area (Å²) in [7, 11) is -3.29. The number of nitrogens with one attached hydrogen (secondary N) is 2. The highest BCUT2D eigenvalue weighted by Crippen LogP contribution is 2.28. The van der Waals surface area contributed by atoms with Crippen molar-refractivity contribution >= 4 is 33.0 Å². The normalized spacial score (nSPS) is 17.2. The van der Waals surface area contributed by atoms with Crippen LogP contribution in [0, 0.1) is 0 Å². The predicted octanol–water partition coefficient (Wildman–Crippen LogP) is 3.46. The molecule has 1 aliphatic rings. The minimum absolute atomic E-state index is 0.409. The van der Waals surface area contributed by atoms with Gasteiger partial charge >= 0.3 is 0 Å². The van der Waals surface area contributed by atoms with Gasteiger partial charge in [0, 0.05) is 11.7 Å². The van der Waals surface area contributed by atoms with Gasteiger partial charge in [-0.1, -0.05) is 30.9 Å². The van der Waals surface area contributed by atoms with Crippen LogP contribution in [0.1, 0.15) is 32.1 Å². The largest absolute Gasteiger partial charge is 0.382 e. The number of halogens is 1. The van der Waals surface area contributed by atoms with E-state index >= 15 is 0 Å². The van der Waals surface area contributed by atoms with Crippen molar-refractivity contribution in [2.24, 2.45) is 0 Å². The summed E-state index contributed by atoms with van der Waals surface area (Å²) in [6.07, 6.45) is 7.31. The van der Waals surface area contributed by atoms with Gasteiger partial charge in [-0.15, -0.1) is 0 Å². The molecule has 0 atom stereocenters. The molecule has 0 saturated heterocycles. The Bertz CT molecular complexity index is 540. The van der Waals surface area contributed by atoms with E-state index in [9.17, 15) is 8.42 Å². The molecule has 0 amide bonds. The third-order valence-corrected chi connectivity index (χ3v) is 4.14. The number of anilines is 2. The molecular weight excluding hydrogens is 284 g/mol. The summed E-state index contributed by atoms with van der Waals surface area (Å²) in [6.45, 7) is 0. The van der Waals surface area contributed by atoms with E-state index in [-0.39, 0.29) is 0 Å². The summed E-state index contributed by atoms with van der Waals surface area (Å²) < 4.78 is 24.7. The number of rotatable bonds is 4. The van der Waals surface area contributed by atoms with Gasteiger partial charge in [0.25, 0.3) is 0 Å². The molecule has 106 valence electrons. The van der Waals surface area contributed by atoms with E-state index < -0.39 is 10.0 Å². The third kappa shape index (κ3) is 4.58. The molecule has 1 aliphatic carbocycles. The van der Waals surface area contributed by atoms with Gasteiger partial charge in [-0.2, -0.15) is 0 Å². The maximum Gasteiger partial charge on any atom is 0.229 e. The molecule has 0 radical (unpaired) electrons. The lowest BCUT2D eigenvalue weighted by Gasteiger charge is -2.24. The second kappa shape index (κ2) is 6.01. The fourth-order valence-electron chi connectivity index (χ4n) is 2.37. The first-order valence-electron chi connectivity index (χ1n) is 6.48. The number of benzene rings is 1. The Labute approximate surface area is 119 Å².